The van der Waals surface area contributed by atoms with Crippen molar-refractivity contribution in [1.82, 2.24) is 9.80 Å². The van der Waals surface area contributed by atoms with Crippen molar-refractivity contribution >= 4 is 35.4 Å². The molecule has 2 heterocycles. The minimum absolute atomic E-state index is 0.0435. The monoisotopic (exact) mass is 480 g/mol. The molecule has 2 saturated heterocycles. The zero-order valence-corrected chi connectivity index (χ0v) is 22.2. The second kappa shape index (κ2) is 8.82. The first kappa shape index (κ1) is 25.5. The van der Waals surface area contributed by atoms with Gasteiger partial charge in [-0.1, -0.05) is 30.3 Å². The van der Waals surface area contributed by atoms with E-state index in [1.165, 1.54) is 0 Å². The third kappa shape index (κ3) is 4.91. The second-order valence-electron chi connectivity index (χ2n) is 11.6. The van der Waals surface area contributed by atoms with Crippen LogP contribution in [0.4, 0.5) is 4.79 Å². The molecular weight excluding hydrogens is 443 g/mol. The number of fused-ring (bicyclic) bond motifs is 1. The number of piperazine rings is 1. The molecule has 1 atom stereocenters. The van der Waals surface area contributed by atoms with E-state index in [9.17, 15) is 9.59 Å². The predicted molar refractivity (Wildman–Crippen MR) is 138 cm³/mol. The molecule has 0 bridgehead atoms. The van der Waals surface area contributed by atoms with Crippen LogP contribution in [-0.2, 0) is 14.0 Å². The lowest BCUT2D eigenvalue weighted by Gasteiger charge is -2.40. The SMILES string of the molecule is C[C@@H]1CN(C(=O)OC(C)(C)C)CCN1C(=O)c1cccc2c(B3OC(C)(C)C(C)(C)O3)cccc12. The van der Waals surface area contributed by atoms with Crippen LogP contribution >= 0.6 is 0 Å². The molecule has 7 nitrogen and oxygen atoms in total. The van der Waals surface area contributed by atoms with Crippen molar-refractivity contribution in [3.8, 4) is 0 Å². The summed E-state index contributed by atoms with van der Waals surface area (Å²) >= 11 is 0. The van der Waals surface area contributed by atoms with Crippen molar-refractivity contribution in [3.05, 3.63) is 42.0 Å². The van der Waals surface area contributed by atoms with E-state index in [0.717, 1.165) is 16.2 Å². The summed E-state index contributed by atoms with van der Waals surface area (Å²) in [5.41, 5.74) is 0.106. The molecule has 2 fully saturated rings. The van der Waals surface area contributed by atoms with E-state index in [-0.39, 0.29) is 18.0 Å². The first-order valence-corrected chi connectivity index (χ1v) is 12.4. The maximum atomic E-state index is 13.7. The Bertz CT molecular complexity index is 1120. The van der Waals surface area contributed by atoms with Gasteiger partial charge in [-0.2, -0.15) is 0 Å². The van der Waals surface area contributed by atoms with Gasteiger partial charge in [0.1, 0.15) is 5.60 Å². The van der Waals surface area contributed by atoms with E-state index in [1.807, 2.05) is 96.7 Å². The van der Waals surface area contributed by atoms with Gasteiger partial charge in [0.05, 0.1) is 11.2 Å². The average molecular weight is 480 g/mol. The highest BCUT2D eigenvalue weighted by Crippen LogP contribution is 2.37. The Hall–Kier alpha value is -2.58. The molecule has 0 aliphatic carbocycles. The highest BCUT2D eigenvalue weighted by atomic mass is 16.7. The lowest BCUT2D eigenvalue weighted by molar-refractivity contribution is 0.00578. The summed E-state index contributed by atoms with van der Waals surface area (Å²) in [7, 11) is -0.509. The van der Waals surface area contributed by atoms with E-state index < -0.39 is 23.9 Å². The fourth-order valence-electron chi connectivity index (χ4n) is 4.60. The number of nitrogens with zero attached hydrogens (tertiary/aromatic N) is 2. The number of amides is 2. The van der Waals surface area contributed by atoms with Gasteiger partial charge in [0, 0.05) is 31.2 Å². The number of carbonyl (C=O) groups is 2. The summed E-state index contributed by atoms with van der Waals surface area (Å²) in [5.74, 6) is -0.0435. The summed E-state index contributed by atoms with van der Waals surface area (Å²) in [4.78, 5) is 29.7. The van der Waals surface area contributed by atoms with Crippen molar-refractivity contribution in [3.63, 3.8) is 0 Å². The number of carbonyl (C=O) groups excluding carboxylic acids is 2. The number of hydrogen-bond acceptors (Lipinski definition) is 5. The summed E-state index contributed by atoms with van der Waals surface area (Å²) in [6.45, 7) is 17.0. The molecule has 4 rings (SSSR count). The van der Waals surface area contributed by atoms with Crippen LogP contribution in [0.1, 0.15) is 65.7 Å². The quantitative estimate of drug-likeness (QED) is 0.603. The Kier molecular flexibility index (Phi) is 6.43. The minimum Gasteiger partial charge on any atom is -0.444 e. The Morgan fingerprint density at radius 1 is 0.971 bits per heavy atom. The Labute approximate surface area is 208 Å². The van der Waals surface area contributed by atoms with Crippen LogP contribution < -0.4 is 5.46 Å². The van der Waals surface area contributed by atoms with Crippen LogP contribution in [0, 0.1) is 0 Å². The largest absolute Gasteiger partial charge is 0.495 e. The summed E-state index contributed by atoms with van der Waals surface area (Å²) < 4.78 is 18.1. The molecule has 0 unspecified atom stereocenters. The Balaban J connectivity index is 1.58. The van der Waals surface area contributed by atoms with E-state index in [4.69, 9.17) is 14.0 Å². The Morgan fingerprint density at radius 2 is 1.57 bits per heavy atom. The minimum atomic E-state index is -0.550. The molecule has 2 aliphatic rings. The maximum Gasteiger partial charge on any atom is 0.495 e. The molecule has 0 spiro atoms. The number of rotatable bonds is 2. The number of benzene rings is 2. The van der Waals surface area contributed by atoms with Crippen LogP contribution in [0.5, 0.6) is 0 Å². The van der Waals surface area contributed by atoms with Gasteiger partial charge < -0.3 is 23.8 Å². The third-order valence-corrected chi connectivity index (χ3v) is 7.23. The van der Waals surface area contributed by atoms with Gasteiger partial charge in [-0.3, -0.25) is 4.79 Å². The molecule has 35 heavy (non-hydrogen) atoms. The topological polar surface area (TPSA) is 68.3 Å². The van der Waals surface area contributed by atoms with Gasteiger partial charge in [-0.05, 0) is 77.7 Å². The van der Waals surface area contributed by atoms with E-state index in [2.05, 4.69) is 0 Å². The van der Waals surface area contributed by atoms with E-state index in [0.29, 0.717) is 25.2 Å². The van der Waals surface area contributed by atoms with Crippen LogP contribution in [0.15, 0.2) is 36.4 Å². The molecule has 2 aromatic carbocycles. The van der Waals surface area contributed by atoms with Crippen LogP contribution in [0.25, 0.3) is 10.8 Å². The summed E-state index contributed by atoms with van der Waals surface area (Å²) in [5, 5.41) is 1.81. The van der Waals surface area contributed by atoms with Crippen molar-refractivity contribution in [2.75, 3.05) is 19.6 Å². The number of hydrogen-bond donors (Lipinski definition) is 0. The molecule has 0 aromatic heterocycles. The van der Waals surface area contributed by atoms with Crippen molar-refractivity contribution in [2.24, 2.45) is 0 Å². The first-order chi connectivity index (χ1) is 16.2. The molecule has 2 aliphatic heterocycles. The van der Waals surface area contributed by atoms with Crippen molar-refractivity contribution in [1.29, 1.82) is 0 Å². The van der Waals surface area contributed by atoms with Crippen LogP contribution in [-0.4, -0.2) is 71.4 Å². The fraction of sp³-hybridized carbons (Fsp3) is 0.556. The molecule has 0 N–H and O–H groups in total. The van der Waals surface area contributed by atoms with Gasteiger partial charge in [0.2, 0.25) is 0 Å². The van der Waals surface area contributed by atoms with Crippen LogP contribution in [0.2, 0.25) is 0 Å². The van der Waals surface area contributed by atoms with E-state index >= 15 is 0 Å². The normalized spacial score (nSPS) is 21.9. The highest BCUT2D eigenvalue weighted by molar-refractivity contribution is 6.65. The molecule has 0 radical (unpaired) electrons. The lowest BCUT2D eigenvalue weighted by Crippen LogP contribution is -2.56. The second-order valence-corrected chi connectivity index (χ2v) is 11.6. The average Bonchev–Trinajstić information content (AvgIpc) is 2.98. The summed E-state index contributed by atoms with van der Waals surface area (Å²) in [6, 6.07) is 11.6. The third-order valence-electron chi connectivity index (χ3n) is 7.23. The van der Waals surface area contributed by atoms with Gasteiger partial charge in [0.25, 0.3) is 5.91 Å². The molecular formula is C27H37BN2O5. The Morgan fingerprint density at radius 3 is 2.17 bits per heavy atom. The maximum absolute atomic E-state index is 13.7. The van der Waals surface area contributed by atoms with E-state index in [1.54, 1.807) is 4.90 Å². The van der Waals surface area contributed by atoms with Crippen LogP contribution in [0.3, 0.4) is 0 Å². The first-order valence-electron chi connectivity index (χ1n) is 12.4. The zero-order valence-electron chi connectivity index (χ0n) is 22.2. The fourth-order valence-corrected chi connectivity index (χ4v) is 4.60. The molecule has 2 aromatic rings. The van der Waals surface area contributed by atoms with Crippen molar-refractivity contribution in [2.45, 2.75) is 78.2 Å². The zero-order chi connectivity index (χ0) is 25.8. The van der Waals surface area contributed by atoms with Gasteiger partial charge in [-0.25, -0.2) is 4.79 Å². The lowest BCUT2D eigenvalue weighted by atomic mass is 9.75. The molecule has 2 amide bonds. The van der Waals surface area contributed by atoms with Gasteiger partial charge >= 0.3 is 13.2 Å². The van der Waals surface area contributed by atoms with Crippen molar-refractivity contribution < 1.29 is 23.6 Å². The predicted octanol–water partition coefficient (Wildman–Crippen LogP) is 4.22. The standard InChI is InChI=1S/C27H37BN2O5/c1-18-17-29(24(32)33-25(2,3)4)15-16-30(18)23(31)21-13-9-12-20-19(21)11-10-14-22(20)28-34-26(5,6)27(7,8)35-28/h9-14,18H,15-17H2,1-8H3/t18-/m1/s1. The highest BCUT2D eigenvalue weighted by Gasteiger charge is 2.52. The molecule has 8 heteroatoms. The smallest absolute Gasteiger partial charge is 0.444 e. The van der Waals surface area contributed by atoms with Gasteiger partial charge in [0.15, 0.2) is 0 Å². The molecule has 0 saturated carbocycles. The number of ether oxygens (including phenoxy) is 1. The van der Waals surface area contributed by atoms with Gasteiger partial charge in [-0.15, -0.1) is 0 Å². The summed E-state index contributed by atoms with van der Waals surface area (Å²) in [6.07, 6.45) is -0.339. The molecule has 188 valence electrons.